The summed E-state index contributed by atoms with van der Waals surface area (Å²) in [5.74, 6) is 0.178. The van der Waals surface area contributed by atoms with Gasteiger partial charge < -0.3 is 10.0 Å². The second-order valence-electron chi connectivity index (χ2n) is 4.94. The molecule has 0 atom stereocenters. The van der Waals surface area contributed by atoms with Gasteiger partial charge >= 0.3 is 5.97 Å². The maximum Gasteiger partial charge on any atom is 0.339 e. The monoisotopic (exact) mass is 263 g/mol. The summed E-state index contributed by atoms with van der Waals surface area (Å²) in [6.45, 7) is 7.21. The largest absolute Gasteiger partial charge is 0.478 e. The minimum Gasteiger partial charge on any atom is -0.478 e. The highest BCUT2D eigenvalue weighted by atomic mass is 16.4. The van der Waals surface area contributed by atoms with Crippen molar-refractivity contribution in [1.82, 2.24) is 14.9 Å². The Morgan fingerprint density at radius 2 is 2.11 bits per heavy atom. The Balaban J connectivity index is 2.10. The zero-order valence-corrected chi connectivity index (χ0v) is 11.6. The van der Waals surface area contributed by atoms with E-state index in [1.807, 2.05) is 0 Å². The molecular formula is C14H21N3O2. The third-order valence-corrected chi connectivity index (χ3v) is 3.61. The Bertz CT molecular complexity index is 454. The number of hydrogen-bond acceptors (Lipinski definition) is 4. The minimum absolute atomic E-state index is 0.272. The van der Waals surface area contributed by atoms with Crippen molar-refractivity contribution >= 4 is 5.97 Å². The van der Waals surface area contributed by atoms with Crippen molar-refractivity contribution < 1.29 is 9.90 Å². The van der Waals surface area contributed by atoms with Crippen LogP contribution in [-0.2, 0) is 6.42 Å². The van der Waals surface area contributed by atoms with Crippen LogP contribution in [0.1, 0.15) is 54.5 Å². The molecule has 0 radical (unpaired) electrons. The minimum atomic E-state index is -0.919. The maximum absolute atomic E-state index is 11.1. The lowest BCUT2D eigenvalue weighted by Gasteiger charge is -2.17. The SMILES string of the molecule is CCN(CC)CCc1ncc(C(=O)O)c(C2CC2)n1. The molecule has 19 heavy (non-hydrogen) atoms. The standard InChI is InChI=1S/C14H21N3O2/c1-3-17(4-2)8-7-12-15-9-11(14(18)19)13(16-12)10-5-6-10/h9-10H,3-8H2,1-2H3,(H,18,19). The molecule has 0 saturated heterocycles. The molecule has 1 aliphatic rings. The predicted octanol–water partition coefficient (Wildman–Crippen LogP) is 1.94. The molecule has 1 N–H and O–H groups in total. The van der Waals surface area contributed by atoms with Gasteiger partial charge in [-0.3, -0.25) is 0 Å². The summed E-state index contributed by atoms with van der Waals surface area (Å²) in [4.78, 5) is 22.1. The summed E-state index contributed by atoms with van der Waals surface area (Å²) in [5, 5.41) is 9.14. The van der Waals surface area contributed by atoms with Crippen molar-refractivity contribution in [2.24, 2.45) is 0 Å². The van der Waals surface area contributed by atoms with Gasteiger partial charge in [0, 0.05) is 25.1 Å². The molecule has 5 nitrogen and oxygen atoms in total. The normalized spacial score (nSPS) is 14.9. The number of aromatic carboxylic acids is 1. The van der Waals surface area contributed by atoms with Gasteiger partial charge in [-0.05, 0) is 25.9 Å². The zero-order chi connectivity index (χ0) is 13.8. The summed E-state index contributed by atoms with van der Waals surface area (Å²) in [6, 6.07) is 0. The summed E-state index contributed by atoms with van der Waals surface area (Å²) in [6.07, 6.45) is 4.35. The smallest absolute Gasteiger partial charge is 0.339 e. The molecule has 1 aromatic heterocycles. The van der Waals surface area contributed by atoms with Gasteiger partial charge in [-0.15, -0.1) is 0 Å². The van der Waals surface area contributed by atoms with Crippen molar-refractivity contribution in [2.45, 2.75) is 39.0 Å². The van der Waals surface area contributed by atoms with Crippen LogP contribution in [0.25, 0.3) is 0 Å². The Kier molecular flexibility index (Phi) is 4.47. The third kappa shape index (κ3) is 3.50. The van der Waals surface area contributed by atoms with Crippen molar-refractivity contribution in [2.75, 3.05) is 19.6 Å². The summed E-state index contributed by atoms with van der Waals surface area (Å²) < 4.78 is 0. The van der Waals surface area contributed by atoms with Gasteiger partial charge in [0.2, 0.25) is 0 Å². The first kappa shape index (κ1) is 13.9. The fourth-order valence-corrected chi connectivity index (χ4v) is 2.18. The van der Waals surface area contributed by atoms with Crippen LogP contribution in [0.3, 0.4) is 0 Å². The number of hydrogen-bond donors (Lipinski definition) is 1. The van der Waals surface area contributed by atoms with E-state index in [0.29, 0.717) is 5.92 Å². The number of carboxylic acids is 1. The van der Waals surface area contributed by atoms with Crippen LogP contribution in [0, 0.1) is 0 Å². The van der Waals surface area contributed by atoms with E-state index < -0.39 is 5.97 Å². The highest BCUT2D eigenvalue weighted by Gasteiger charge is 2.30. The lowest BCUT2D eigenvalue weighted by atomic mass is 10.1. The summed E-state index contributed by atoms with van der Waals surface area (Å²) in [7, 11) is 0. The van der Waals surface area contributed by atoms with Gasteiger partial charge in [0.25, 0.3) is 0 Å². The van der Waals surface area contributed by atoms with E-state index in [0.717, 1.165) is 50.4 Å². The van der Waals surface area contributed by atoms with Crippen molar-refractivity contribution in [3.05, 3.63) is 23.3 Å². The van der Waals surface area contributed by atoms with Gasteiger partial charge in [-0.1, -0.05) is 13.8 Å². The van der Waals surface area contributed by atoms with E-state index in [1.165, 1.54) is 6.20 Å². The van der Waals surface area contributed by atoms with E-state index in [9.17, 15) is 4.79 Å². The first-order valence-corrected chi connectivity index (χ1v) is 6.97. The lowest BCUT2D eigenvalue weighted by Crippen LogP contribution is -2.26. The van der Waals surface area contributed by atoms with E-state index >= 15 is 0 Å². The molecule has 0 aliphatic heterocycles. The fraction of sp³-hybridized carbons (Fsp3) is 0.643. The highest BCUT2D eigenvalue weighted by Crippen LogP contribution is 2.40. The second kappa shape index (κ2) is 6.10. The average Bonchev–Trinajstić information content (AvgIpc) is 3.23. The number of carbonyl (C=O) groups is 1. The second-order valence-corrected chi connectivity index (χ2v) is 4.94. The number of carboxylic acid groups (broad SMARTS) is 1. The summed E-state index contributed by atoms with van der Waals surface area (Å²) in [5.41, 5.74) is 1.01. The van der Waals surface area contributed by atoms with Crippen LogP contribution in [0.5, 0.6) is 0 Å². The lowest BCUT2D eigenvalue weighted by molar-refractivity contribution is 0.0694. The van der Waals surface area contributed by atoms with E-state index in [-0.39, 0.29) is 5.56 Å². The molecule has 1 heterocycles. The third-order valence-electron chi connectivity index (χ3n) is 3.61. The van der Waals surface area contributed by atoms with Crippen LogP contribution in [0.4, 0.5) is 0 Å². The van der Waals surface area contributed by atoms with Gasteiger partial charge in [0.15, 0.2) is 0 Å². The van der Waals surface area contributed by atoms with E-state index in [1.54, 1.807) is 0 Å². The zero-order valence-electron chi connectivity index (χ0n) is 11.6. The fourth-order valence-electron chi connectivity index (χ4n) is 2.18. The highest BCUT2D eigenvalue weighted by molar-refractivity contribution is 5.88. The van der Waals surface area contributed by atoms with E-state index in [2.05, 4.69) is 28.7 Å². The molecule has 104 valence electrons. The Morgan fingerprint density at radius 3 is 2.63 bits per heavy atom. The van der Waals surface area contributed by atoms with Gasteiger partial charge in [-0.25, -0.2) is 14.8 Å². The van der Waals surface area contributed by atoms with Crippen LogP contribution in [0.15, 0.2) is 6.20 Å². The predicted molar refractivity (Wildman–Crippen MR) is 72.5 cm³/mol. The first-order valence-electron chi connectivity index (χ1n) is 6.97. The molecule has 1 fully saturated rings. The number of rotatable bonds is 7. The molecule has 1 aromatic rings. The van der Waals surface area contributed by atoms with Crippen molar-refractivity contribution in [3.8, 4) is 0 Å². The topological polar surface area (TPSA) is 66.3 Å². The van der Waals surface area contributed by atoms with Crippen LogP contribution in [0.2, 0.25) is 0 Å². The molecule has 0 amide bonds. The molecule has 0 aromatic carbocycles. The molecule has 5 heteroatoms. The number of aromatic nitrogens is 2. The molecule has 1 aliphatic carbocycles. The molecular weight excluding hydrogens is 242 g/mol. The number of likely N-dealkylation sites (N-methyl/N-ethyl adjacent to an activating group) is 1. The Labute approximate surface area is 113 Å². The summed E-state index contributed by atoms with van der Waals surface area (Å²) >= 11 is 0. The quantitative estimate of drug-likeness (QED) is 0.814. The molecule has 1 saturated carbocycles. The van der Waals surface area contributed by atoms with Crippen LogP contribution >= 0.6 is 0 Å². The van der Waals surface area contributed by atoms with Crippen molar-refractivity contribution in [3.63, 3.8) is 0 Å². The average molecular weight is 263 g/mol. The van der Waals surface area contributed by atoms with Gasteiger partial charge in [0.1, 0.15) is 5.82 Å². The number of nitrogens with zero attached hydrogens (tertiary/aromatic N) is 3. The van der Waals surface area contributed by atoms with Gasteiger partial charge in [-0.2, -0.15) is 0 Å². The Hall–Kier alpha value is -1.49. The molecule has 2 rings (SSSR count). The van der Waals surface area contributed by atoms with Crippen LogP contribution < -0.4 is 0 Å². The molecule has 0 unspecified atom stereocenters. The molecule has 0 bridgehead atoms. The van der Waals surface area contributed by atoms with E-state index in [4.69, 9.17) is 5.11 Å². The van der Waals surface area contributed by atoms with Crippen LogP contribution in [-0.4, -0.2) is 45.6 Å². The van der Waals surface area contributed by atoms with Crippen molar-refractivity contribution in [1.29, 1.82) is 0 Å². The molecule has 0 spiro atoms. The maximum atomic E-state index is 11.1. The Morgan fingerprint density at radius 1 is 1.42 bits per heavy atom. The van der Waals surface area contributed by atoms with Gasteiger partial charge in [0.05, 0.1) is 11.3 Å². The first-order chi connectivity index (χ1) is 9.15.